The van der Waals surface area contributed by atoms with Gasteiger partial charge in [-0.15, -0.1) is 0 Å². The Balaban J connectivity index is 1.88. The van der Waals surface area contributed by atoms with Crippen molar-refractivity contribution in [3.63, 3.8) is 0 Å². The summed E-state index contributed by atoms with van der Waals surface area (Å²) < 4.78 is 9.91. The van der Waals surface area contributed by atoms with E-state index in [2.05, 4.69) is 4.74 Å². The minimum atomic E-state index is -0.806. The van der Waals surface area contributed by atoms with Crippen LogP contribution in [-0.4, -0.2) is 78.9 Å². The number of hydrogen-bond acceptors (Lipinski definition) is 5. The summed E-state index contributed by atoms with van der Waals surface area (Å²) in [5, 5.41) is 8.95. The van der Waals surface area contributed by atoms with Gasteiger partial charge in [0.1, 0.15) is 0 Å². The van der Waals surface area contributed by atoms with E-state index in [1.54, 1.807) is 9.80 Å². The summed E-state index contributed by atoms with van der Waals surface area (Å²) in [6.45, 7) is 1.73. The molecule has 0 bridgehead atoms. The summed E-state index contributed by atoms with van der Waals surface area (Å²) >= 11 is 0. The predicted molar refractivity (Wildman–Crippen MR) is 70.7 cm³/mol. The summed E-state index contributed by atoms with van der Waals surface area (Å²) in [7, 11) is 1.28. The first-order chi connectivity index (χ1) is 10.0. The fourth-order valence-electron chi connectivity index (χ4n) is 2.61. The van der Waals surface area contributed by atoms with Crippen molar-refractivity contribution < 1.29 is 29.0 Å². The molecule has 2 aliphatic rings. The first-order valence-corrected chi connectivity index (χ1v) is 6.99. The highest BCUT2D eigenvalue weighted by Gasteiger charge is 2.34. The van der Waals surface area contributed by atoms with E-state index in [0.29, 0.717) is 32.5 Å². The Kier molecular flexibility index (Phi) is 5.00. The smallest absolute Gasteiger partial charge is 0.336 e. The molecular formula is C13H20N2O6. The second-order valence-corrected chi connectivity index (χ2v) is 5.21. The molecule has 118 valence electrons. The van der Waals surface area contributed by atoms with Crippen LogP contribution in [0.1, 0.15) is 12.8 Å². The fraction of sp³-hybridized carbons (Fsp3) is 0.769. The Labute approximate surface area is 122 Å². The standard InChI is InChI=1S/C13H20N2O6/c1-20-12(18)10-8-15(6-7-21-10)13(19)14-4-2-9(3-5-14)11(16)17/h9-10H,2-8H2,1H3,(H,16,17). The van der Waals surface area contributed by atoms with Crippen LogP contribution < -0.4 is 0 Å². The molecular weight excluding hydrogens is 280 g/mol. The molecule has 2 aliphatic heterocycles. The molecule has 1 unspecified atom stereocenters. The van der Waals surface area contributed by atoms with E-state index in [4.69, 9.17) is 9.84 Å². The Bertz CT molecular complexity index is 419. The van der Waals surface area contributed by atoms with E-state index in [9.17, 15) is 14.4 Å². The lowest BCUT2D eigenvalue weighted by Crippen LogP contribution is -2.54. The SMILES string of the molecule is COC(=O)C1CN(C(=O)N2CCC(C(=O)O)CC2)CCO1. The zero-order valence-electron chi connectivity index (χ0n) is 12.0. The van der Waals surface area contributed by atoms with Gasteiger partial charge in [-0.3, -0.25) is 4.79 Å². The summed E-state index contributed by atoms with van der Waals surface area (Å²) in [6, 6.07) is -0.170. The van der Waals surface area contributed by atoms with E-state index in [1.807, 2.05) is 0 Å². The molecule has 2 amide bonds. The number of carbonyl (C=O) groups is 3. The van der Waals surface area contributed by atoms with Crippen LogP contribution in [0, 0.1) is 5.92 Å². The minimum absolute atomic E-state index is 0.170. The van der Waals surface area contributed by atoms with Crippen LogP contribution in [-0.2, 0) is 19.1 Å². The maximum atomic E-state index is 12.4. The number of carboxylic acid groups (broad SMARTS) is 1. The average Bonchev–Trinajstić information content (AvgIpc) is 2.53. The third-order valence-electron chi connectivity index (χ3n) is 3.92. The lowest BCUT2D eigenvalue weighted by Gasteiger charge is -2.37. The lowest BCUT2D eigenvalue weighted by atomic mass is 9.97. The van der Waals surface area contributed by atoms with Crippen molar-refractivity contribution in [1.82, 2.24) is 9.80 Å². The molecule has 8 nitrogen and oxygen atoms in total. The fourth-order valence-corrected chi connectivity index (χ4v) is 2.61. The molecule has 2 heterocycles. The highest BCUT2D eigenvalue weighted by atomic mass is 16.6. The number of esters is 1. The largest absolute Gasteiger partial charge is 0.481 e. The van der Waals surface area contributed by atoms with E-state index >= 15 is 0 Å². The summed E-state index contributed by atoms with van der Waals surface area (Å²) in [5.74, 6) is -1.67. The van der Waals surface area contributed by atoms with E-state index < -0.39 is 18.0 Å². The highest BCUT2D eigenvalue weighted by molar-refractivity contribution is 5.79. The third kappa shape index (κ3) is 3.63. The van der Waals surface area contributed by atoms with Crippen molar-refractivity contribution in [3.8, 4) is 0 Å². The number of amides is 2. The Morgan fingerprint density at radius 2 is 1.81 bits per heavy atom. The number of carbonyl (C=O) groups excluding carboxylic acids is 2. The van der Waals surface area contributed by atoms with Gasteiger partial charge in [0.15, 0.2) is 6.10 Å². The quantitative estimate of drug-likeness (QED) is 0.708. The molecule has 0 spiro atoms. The van der Waals surface area contributed by atoms with Crippen LogP contribution in [0.25, 0.3) is 0 Å². The molecule has 0 radical (unpaired) electrons. The van der Waals surface area contributed by atoms with E-state index in [1.165, 1.54) is 7.11 Å². The Hall–Kier alpha value is -1.83. The van der Waals surface area contributed by atoms with Crippen molar-refractivity contribution in [2.24, 2.45) is 5.92 Å². The van der Waals surface area contributed by atoms with Crippen LogP contribution in [0.5, 0.6) is 0 Å². The van der Waals surface area contributed by atoms with Gasteiger partial charge >= 0.3 is 18.0 Å². The van der Waals surface area contributed by atoms with Crippen LogP contribution in [0.15, 0.2) is 0 Å². The third-order valence-corrected chi connectivity index (χ3v) is 3.92. The number of piperidine rings is 1. The van der Waals surface area contributed by atoms with Crippen molar-refractivity contribution >= 4 is 18.0 Å². The second-order valence-electron chi connectivity index (χ2n) is 5.21. The van der Waals surface area contributed by atoms with Gasteiger partial charge in [0, 0.05) is 19.6 Å². The van der Waals surface area contributed by atoms with Crippen LogP contribution >= 0.6 is 0 Å². The molecule has 8 heteroatoms. The number of urea groups is 1. The van der Waals surface area contributed by atoms with E-state index in [-0.39, 0.29) is 25.1 Å². The molecule has 0 aromatic carbocycles. The van der Waals surface area contributed by atoms with Crippen molar-refractivity contribution in [3.05, 3.63) is 0 Å². The van der Waals surface area contributed by atoms with Crippen LogP contribution in [0.3, 0.4) is 0 Å². The van der Waals surface area contributed by atoms with Gasteiger partial charge in [-0.05, 0) is 12.8 Å². The van der Waals surface area contributed by atoms with Gasteiger partial charge in [-0.1, -0.05) is 0 Å². The van der Waals surface area contributed by atoms with Gasteiger partial charge in [-0.25, -0.2) is 9.59 Å². The maximum Gasteiger partial charge on any atom is 0.336 e. The summed E-state index contributed by atoms with van der Waals surface area (Å²) in [4.78, 5) is 37.9. The zero-order chi connectivity index (χ0) is 15.4. The van der Waals surface area contributed by atoms with Crippen molar-refractivity contribution in [1.29, 1.82) is 0 Å². The number of likely N-dealkylation sites (tertiary alicyclic amines) is 1. The van der Waals surface area contributed by atoms with Crippen LogP contribution in [0.2, 0.25) is 0 Å². The zero-order valence-corrected chi connectivity index (χ0v) is 12.0. The predicted octanol–water partition coefficient (Wildman–Crippen LogP) is -0.223. The minimum Gasteiger partial charge on any atom is -0.481 e. The monoisotopic (exact) mass is 300 g/mol. The number of hydrogen-bond donors (Lipinski definition) is 1. The van der Waals surface area contributed by atoms with E-state index in [0.717, 1.165) is 0 Å². The average molecular weight is 300 g/mol. The Morgan fingerprint density at radius 3 is 2.38 bits per heavy atom. The number of methoxy groups -OCH3 is 1. The topological polar surface area (TPSA) is 96.4 Å². The van der Waals surface area contributed by atoms with Crippen molar-refractivity contribution in [2.45, 2.75) is 18.9 Å². The summed E-state index contributed by atoms with van der Waals surface area (Å²) in [6.07, 6.45) is 0.182. The molecule has 2 fully saturated rings. The second kappa shape index (κ2) is 6.75. The van der Waals surface area contributed by atoms with Gasteiger partial charge in [-0.2, -0.15) is 0 Å². The molecule has 1 N–H and O–H groups in total. The van der Waals surface area contributed by atoms with Crippen molar-refractivity contribution in [2.75, 3.05) is 39.9 Å². The number of carboxylic acids is 1. The highest BCUT2D eigenvalue weighted by Crippen LogP contribution is 2.19. The number of aliphatic carboxylic acids is 1. The summed E-state index contributed by atoms with van der Waals surface area (Å²) in [5.41, 5.74) is 0. The number of morpholine rings is 1. The molecule has 0 aromatic heterocycles. The molecule has 2 rings (SSSR count). The molecule has 2 saturated heterocycles. The maximum absolute atomic E-state index is 12.4. The first-order valence-electron chi connectivity index (χ1n) is 6.99. The molecule has 0 aromatic rings. The molecule has 21 heavy (non-hydrogen) atoms. The lowest BCUT2D eigenvalue weighted by molar-refractivity contribution is -0.158. The van der Waals surface area contributed by atoms with Gasteiger partial charge in [0.05, 0.1) is 26.2 Å². The normalized spacial score (nSPS) is 23.8. The van der Waals surface area contributed by atoms with Gasteiger partial charge < -0.3 is 24.4 Å². The molecule has 1 atom stereocenters. The van der Waals surface area contributed by atoms with Gasteiger partial charge in [0.25, 0.3) is 0 Å². The van der Waals surface area contributed by atoms with Crippen LogP contribution in [0.4, 0.5) is 4.79 Å². The molecule has 0 saturated carbocycles. The number of rotatable bonds is 2. The van der Waals surface area contributed by atoms with Gasteiger partial charge in [0.2, 0.25) is 0 Å². The molecule has 0 aliphatic carbocycles. The first kappa shape index (κ1) is 15.6. The number of nitrogens with zero attached hydrogens (tertiary/aromatic N) is 2. The Morgan fingerprint density at radius 1 is 1.14 bits per heavy atom. The number of ether oxygens (including phenoxy) is 2.